The van der Waals surface area contributed by atoms with Gasteiger partial charge in [-0.1, -0.05) is 0 Å². The molecule has 1 atom stereocenters. The van der Waals surface area contributed by atoms with Gasteiger partial charge in [-0.25, -0.2) is 4.98 Å². The van der Waals surface area contributed by atoms with E-state index in [0.717, 1.165) is 29.2 Å². The minimum absolute atomic E-state index is 0.0305. The molecule has 2 aromatic heterocycles. The first-order valence-electron chi connectivity index (χ1n) is 11.7. The summed E-state index contributed by atoms with van der Waals surface area (Å²) < 4.78 is 46.8. The van der Waals surface area contributed by atoms with Gasteiger partial charge < -0.3 is 14.7 Å². The fraction of sp³-hybridized carbons (Fsp3) is 0.696. The molecule has 0 spiro atoms. The Bertz CT molecular complexity index is 1060. The van der Waals surface area contributed by atoms with E-state index < -0.39 is 23.5 Å². The van der Waals surface area contributed by atoms with Gasteiger partial charge in [-0.05, 0) is 45.4 Å². The van der Waals surface area contributed by atoms with Crippen LogP contribution in [0.5, 0.6) is 0 Å². The number of aromatic nitrogens is 3. The normalized spacial score (nSPS) is 28.7. The number of anilines is 1. The molecular formula is C23H29F3N4O3. The van der Waals surface area contributed by atoms with Gasteiger partial charge >= 0.3 is 12.1 Å². The fourth-order valence-electron chi connectivity index (χ4n) is 5.62. The van der Waals surface area contributed by atoms with E-state index in [1.54, 1.807) is 11.4 Å². The first-order chi connectivity index (χ1) is 15.7. The lowest BCUT2D eigenvalue weighted by Gasteiger charge is -2.40. The topological polar surface area (TPSA) is 80.0 Å². The van der Waals surface area contributed by atoms with Crippen LogP contribution in [0.4, 0.5) is 19.0 Å². The van der Waals surface area contributed by atoms with Crippen molar-refractivity contribution in [3.63, 3.8) is 0 Å². The number of halogens is 3. The van der Waals surface area contributed by atoms with E-state index in [2.05, 4.69) is 4.90 Å². The maximum atomic E-state index is 13.1. The van der Waals surface area contributed by atoms with Crippen molar-refractivity contribution < 1.29 is 27.8 Å². The third-order valence-electron chi connectivity index (χ3n) is 7.63. The summed E-state index contributed by atoms with van der Waals surface area (Å²) in [6.45, 7) is 3.81. The largest absolute Gasteiger partial charge is 0.481 e. The predicted molar refractivity (Wildman–Crippen MR) is 114 cm³/mol. The van der Waals surface area contributed by atoms with Gasteiger partial charge in [0.1, 0.15) is 5.82 Å². The van der Waals surface area contributed by atoms with E-state index in [1.165, 1.54) is 0 Å². The van der Waals surface area contributed by atoms with E-state index in [4.69, 9.17) is 14.8 Å². The van der Waals surface area contributed by atoms with Gasteiger partial charge in [0.25, 0.3) is 0 Å². The Morgan fingerprint density at radius 2 is 2.03 bits per heavy atom. The lowest BCUT2D eigenvalue weighted by molar-refractivity contribution is -0.182. The molecule has 0 unspecified atom stereocenters. The molecule has 33 heavy (non-hydrogen) atoms. The molecule has 0 radical (unpaired) electrons. The summed E-state index contributed by atoms with van der Waals surface area (Å²) in [6, 6.07) is 1.90. The van der Waals surface area contributed by atoms with Crippen molar-refractivity contribution in [2.45, 2.75) is 70.6 Å². The average Bonchev–Trinajstić information content (AvgIpc) is 3.20. The molecule has 180 valence electrons. The number of aliphatic carboxylic acids is 1. The van der Waals surface area contributed by atoms with Gasteiger partial charge in [-0.3, -0.25) is 4.79 Å². The van der Waals surface area contributed by atoms with Crippen LogP contribution in [0, 0.1) is 11.3 Å². The molecule has 2 fully saturated rings. The number of carboxylic acid groups (broad SMARTS) is 1. The van der Waals surface area contributed by atoms with Crippen LogP contribution in [0.1, 0.15) is 68.3 Å². The summed E-state index contributed by atoms with van der Waals surface area (Å²) in [6.07, 6.45) is -0.968. The minimum Gasteiger partial charge on any atom is -0.481 e. The molecule has 4 heterocycles. The summed E-state index contributed by atoms with van der Waals surface area (Å²) in [5, 5.41) is 14.6. The number of piperidine rings is 1. The minimum atomic E-state index is -4.14. The lowest BCUT2D eigenvalue weighted by Crippen LogP contribution is -2.47. The molecule has 7 nitrogen and oxygen atoms in total. The smallest absolute Gasteiger partial charge is 0.391 e. The van der Waals surface area contributed by atoms with Crippen LogP contribution in [-0.4, -0.2) is 51.5 Å². The van der Waals surface area contributed by atoms with Crippen molar-refractivity contribution in [2.24, 2.45) is 11.3 Å². The van der Waals surface area contributed by atoms with Crippen LogP contribution in [0.15, 0.2) is 6.07 Å². The first kappa shape index (κ1) is 22.4. The van der Waals surface area contributed by atoms with Gasteiger partial charge in [-0.15, -0.1) is 0 Å². The van der Waals surface area contributed by atoms with Crippen LogP contribution < -0.4 is 4.90 Å². The van der Waals surface area contributed by atoms with Crippen molar-refractivity contribution in [3.05, 3.63) is 23.0 Å². The Morgan fingerprint density at radius 3 is 2.73 bits per heavy atom. The predicted octanol–water partition coefficient (Wildman–Crippen LogP) is 4.33. The number of fused-ring (bicyclic) bond motifs is 2. The molecule has 5 rings (SSSR count). The summed E-state index contributed by atoms with van der Waals surface area (Å²) >= 11 is 0. The zero-order valence-electron chi connectivity index (χ0n) is 18.7. The van der Waals surface area contributed by atoms with Gasteiger partial charge in [0, 0.05) is 37.1 Å². The summed E-state index contributed by atoms with van der Waals surface area (Å²) in [4.78, 5) is 18.8. The summed E-state index contributed by atoms with van der Waals surface area (Å²) in [5.74, 6) is -1.26. The molecule has 2 aromatic rings. The molecule has 0 aromatic carbocycles. The highest BCUT2D eigenvalue weighted by molar-refractivity contribution is 5.75. The highest BCUT2D eigenvalue weighted by atomic mass is 19.4. The maximum absolute atomic E-state index is 13.1. The Hall–Kier alpha value is -2.36. The van der Waals surface area contributed by atoms with Gasteiger partial charge in [0.15, 0.2) is 5.65 Å². The second kappa shape index (κ2) is 8.14. The lowest BCUT2D eigenvalue weighted by atomic mass is 9.80. The number of rotatable bonds is 3. The third-order valence-corrected chi connectivity index (χ3v) is 7.63. The van der Waals surface area contributed by atoms with Crippen molar-refractivity contribution >= 4 is 17.4 Å². The van der Waals surface area contributed by atoms with Crippen LogP contribution in [0.25, 0.3) is 5.65 Å². The molecule has 10 heteroatoms. The zero-order valence-corrected chi connectivity index (χ0v) is 18.7. The molecule has 1 saturated heterocycles. The second-order valence-corrected chi connectivity index (χ2v) is 9.98. The number of carboxylic acids is 1. The first-order valence-corrected chi connectivity index (χ1v) is 11.7. The SMILES string of the molecule is C[C@@]1(C(=O)O)CCCN(c2c3c(nc4cc(C5CCC(C(F)(F)F)CC5)nn24)CCOC3)C1. The van der Waals surface area contributed by atoms with Crippen molar-refractivity contribution in [3.8, 4) is 0 Å². The van der Waals surface area contributed by atoms with Crippen LogP contribution in [0.3, 0.4) is 0 Å². The molecule has 1 aliphatic carbocycles. The fourth-order valence-corrected chi connectivity index (χ4v) is 5.62. The standard InChI is InChI=1S/C23H29F3N4O3/c1-22(21(31)32)8-2-9-29(13-22)20-16-12-33-10-7-17(16)27-19-11-18(28-30(19)20)14-3-5-15(6-4-14)23(24,25)26/h11,14-15H,2-10,12-13H2,1H3,(H,31,32)/t14?,15?,22-/m1/s1. The number of ether oxygens (including phenoxy) is 1. The molecule has 0 bridgehead atoms. The Kier molecular flexibility index (Phi) is 5.54. The molecule has 1 saturated carbocycles. The Morgan fingerprint density at radius 1 is 1.27 bits per heavy atom. The second-order valence-electron chi connectivity index (χ2n) is 9.98. The van der Waals surface area contributed by atoms with Gasteiger partial charge in [-0.2, -0.15) is 22.8 Å². The molecular weight excluding hydrogens is 437 g/mol. The molecule has 1 N–H and O–H groups in total. The Labute approximate surface area is 189 Å². The van der Waals surface area contributed by atoms with Crippen LogP contribution in [-0.2, 0) is 22.6 Å². The molecule has 3 aliphatic rings. The monoisotopic (exact) mass is 466 g/mol. The Balaban J connectivity index is 1.52. The molecule has 0 amide bonds. The average molecular weight is 467 g/mol. The van der Waals surface area contributed by atoms with Crippen molar-refractivity contribution in [1.82, 2.24) is 14.6 Å². The van der Waals surface area contributed by atoms with Gasteiger partial charge in [0.2, 0.25) is 0 Å². The number of alkyl halides is 3. The summed E-state index contributed by atoms with van der Waals surface area (Å²) in [5.41, 5.74) is 2.44. The number of carbonyl (C=O) groups is 1. The number of nitrogens with zero attached hydrogens (tertiary/aromatic N) is 4. The van der Waals surface area contributed by atoms with Crippen LogP contribution >= 0.6 is 0 Å². The highest BCUT2D eigenvalue weighted by Crippen LogP contribution is 2.43. The number of hydrogen-bond acceptors (Lipinski definition) is 5. The number of hydrogen-bond donors (Lipinski definition) is 1. The van der Waals surface area contributed by atoms with E-state index in [9.17, 15) is 23.1 Å². The summed E-state index contributed by atoms with van der Waals surface area (Å²) in [7, 11) is 0. The van der Waals surface area contributed by atoms with E-state index >= 15 is 0 Å². The maximum Gasteiger partial charge on any atom is 0.391 e. The zero-order chi connectivity index (χ0) is 23.4. The van der Waals surface area contributed by atoms with Crippen LogP contribution in [0.2, 0.25) is 0 Å². The van der Waals surface area contributed by atoms with Crippen molar-refractivity contribution in [2.75, 3.05) is 24.6 Å². The van der Waals surface area contributed by atoms with Crippen molar-refractivity contribution in [1.29, 1.82) is 0 Å². The van der Waals surface area contributed by atoms with E-state index in [-0.39, 0.29) is 18.8 Å². The quantitative estimate of drug-likeness (QED) is 0.726. The van der Waals surface area contributed by atoms with E-state index in [1.807, 2.05) is 6.07 Å². The highest BCUT2D eigenvalue weighted by Gasteiger charge is 2.42. The van der Waals surface area contributed by atoms with E-state index in [0.29, 0.717) is 57.6 Å². The van der Waals surface area contributed by atoms with Gasteiger partial charge in [0.05, 0.1) is 35.9 Å². The third kappa shape index (κ3) is 4.06. The molecule has 2 aliphatic heterocycles.